The predicted octanol–water partition coefficient (Wildman–Crippen LogP) is 2.41. The van der Waals surface area contributed by atoms with Crippen LogP contribution in [-0.2, 0) is 6.54 Å². The van der Waals surface area contributed by atoms with Crippen LogP contribution in [0.4, 0.5) is 0 Å². The second-order valence-electron chi connectivity index (χ2n) is 5.52. The van der Waals surface area contributed by atoms with Gasteiger partial charge in [-0.25, -0.2) is 0 Å². The maximum atomic E-state index is 12.6. The molecule has 0 spiro atoms. The molecule has 0 aliphatic carbocycles. The highest BCUT2D eigenvalue weighted by Crippen LogP contribution is 2.23. The van der Waals surface area contributed by atoms with Gasteiger partial charge >= 0.3 is 0 Å². The van der Waals surface area contributed by atoms with Gasteiger partial charge in [-0.05, 0) is 23.3 Å². The number of halogens is 1. The lowest BCUT2D eigenvalue weighted by Gasteiger charge is -2.19. The summed E-state index contributed by atoms with van der Waals surface area (Å²) in [6, 6.07) is 16.8. The zero-order chi connectivity index (χ0) is 17.6. The van der Waals surface area contributed by atoms with E-state index in [1.54, 1.807) is 23.0 Å². The van der Waals surface area contributed by atoms with Gasteiger partial charge in [-0.15, -0.1) is 5.10 Å². The quantitative estimate of drug-likeness (QED) is 0.711. The van der Waals surface area contributed by atoms with Gasteiger partial charge in [0.25, 0.3) is 5.91 Å². The SMILES string of the molecule is NCCn1cc(C(=O)NC(c2ccccc2)c2ccc(Cl)cc2)nn1. The van der Waals surface area contributed by atoms with Crippen molar-refractivity contribution < 1.29 is 4.79 Å². The van der Waals surface area contributed by atoms with E-state index in [4.69, 9.17) is 17.3 Å². The molecule has 0 fully saturated rings. The number of aromatic nitrogens is 3. The lowest BCUT2D eigenvalue weighted by atomic mass is 9.98. The minimum atomic E-state index is -0.314. The van der Waals surface area contributed by atoms with Crippen LogP contribution in [0.25, 0.3) is 0 Å². The van der Waals surface area contributed by atoms with Crippen LogP contribution in [0.15, 0.2) is 60.8 Å². The fourth-order valence-electron chi connectivity index (χ4n) is 2.51. The van der Waals surface area contributed by atoms with Crippen molar-refractivity contribution in [1.82, 2.24) is 20.3 Å². The third-order valence-electron chi connectivity index (χ3n) is 3.74. The van der Waals surface area contributed by atoms with E-state index in [1.807, 2.05) is 42.5 Å². The van der Waals surface area contributed by atoms with E-state index in [0.29, 0.717) is 18.1 Å². The molecule has 1 unspecified atom stereocenters. The lowest BCUT2D eigenvalue weighted by Crippen LogP contribution is -2.29. The number of amides is 1. The first kappa shape index (κ1) is 17.1. The van der Waals surface area contributed by atoms with Crippen LogP contribution in [0.5, 0.6) is 0 Å². The minimum absolute atomic E-state index is 0.253. The van der Waals surface area contributed by atoms with Crippen molar-refractivity contribution in [2.24, 2.45) is 5.73 Å². The van der Waals surface area contributed by atoms with E-state index in [2.05, 4.69) is 15.6 Å². The summed E-state index contributed by atoms with van der Waals surface area (Å²) in [5.41, 5.74) is 7.64. The summed E-state index contributed by atoms with van der Waals surface area (Å²) >= 11 is 5.98. The standard InChI is InChI=1S/C18H18ClN5O/c19-15-8-6-14(7-9-15)17(13-4-2-1-3-5-13)21-18(25)16-12-24(11-10-20)23-22-16/h1-9,12,17H,10-11,20H2,(H,21,25). The van der Waals surface area contributed by atoms with Crippen LogP contribution >= 0.6 is 11.6 Å². The third-order valence-corrected chi connectivity index (χ3v) is 3.99. The molecule has 0 saturated carbocycles. The summed E-state index contributed by atoms with van der Waals surface area (Å²) in [5, 5.41) is 11.5. The first-order chi connectivity index (χ1) is 12.2. The number of hydrogen-bond donors (Lipinski definition) is 2. The number of carbonyl (C=O) groups excluding carboxylic acids is 1. The molecular weight excluding hydrogens is 338 g/mol. The highest BCUT2D eigenvalue weighted by atomic mass is 35.5. The number of nitrogens with one attached hydrogen (secondary N) is 1. The van der Waals surface area contributed by atoms with Crippen LogP contribution in [0, 0.1) is 0 Å². The van der Waals surface area contributed by atoms with E-state index < -0.39 is 0 Å². The van der Waals surface area contributed by atoms with E-state index in [9.17, 15) is 4.79 Å². The van der Waals surface area contributed by atoms with Crippen LogP contribution in [0.1, 0.15) is 27.7 Å². The van der Waals surface area contributed by atoms with Gasteiger partial charge in [-0.2, -0.15) is 0 Å². The molecular formula is C18H18ClN5O. The van der Waals surface area contributed by atoms with Gasteiger partial charge in [-0.3, -0.25) is 9.48 Å². The van der Waals surface area contributed by atoms with Crippen molar-refractivity contribution in [1.29, 1.82) is 0 Å². The molecule has 3 N–H and O–H groups in total. The molecule has 0 bridgehead atoms. The molecule has 0 aliphatic rings. The average molecular weight is 356 g/mol. The van der Waals surface area contributed by atoms with Gasteiger partial charge in [0, 0.05) is 11.6 Å². The molecule has 3 aromatic rings. The van der Waals surface area contributed by atoms with Gasteiger partial charge in [0.05, 0.1) is 18.8 Å². The Balaban J connectivity index is 1.86. The van der Waals surface area contributed by atoms with E-state index in [-0.39, 0.29) is 17.6 Å². The largest absolute Gasteiger partial charge is 0.340 e. The number of nitrogens with zero attached hydrogens (tertiary/aromatic N) is 3. The molecule has 3 rings (SSSR count). The summed E-state index contributed by atoms with van der Waals surface area (Å²) < 4.78 is 1.55. The van der Waals surface area contributed by atoms with Crippen molar-refractivity contribution in [3.63, 3.8) is 0 Å². The number of hydrogen-bond acceptors (Lipinski definition) is 4. The molecule has 1 amide bonds. The Labute approximate surface area is 150 Å². The van der Waals surface area contributed by atoms with Gasteiger partial charge in [0.15, 0.2) is 5.69 Å². The summed E-state index contributed by atoms with van der Waals surface area (Å²) in [5.74, 6) is -0.299. The Morgan fingerprint density at radius 2 is 1.80 bits per heavy atom. The summed E-state index contributed by atoms with van der Waals surface area (Å²) in [6.07, 6.45) is 1.59. The number of rotatable bonds is 6. The van der Waals surface area contributed by atoms with Gasteiger partial charge < -0.3 is 11.1 Å². The third kappa shape index (κ3) is 4.23. The van der Waals surface area contributed by atoms with Crippen LogP contribution in [0.2, 0.25) is 5.02 Å². The molecule has 25 heavy (non-hydrogen) atoms. The van der Waals surface area contributed by atoms with Gasteiger partial charge in [0.2, 0.25) is 0 Å². The summed E-state index contributed by atoms with van der Waals surface area (Å²) in [6.45, 7) is 0.946. The Kier molecular flexibility index (Phi) is 5.42. The van der Waals surface area contributed by atoms with Crippen molar-refractivity contribution >= 4 is 17.5 Å². The Morgan fingerprint density at radius 1 is 1.12 bits per heavy atom. The molecule has 6 nitrogen and oxygen atoms in total. The molecule has 1 aromatic heterocycles. The monoisotopic (exact) mass is 355 g/mol. The lowest BCUT2D eigenvalue weighted by molar-refractivity contribution is 0.0938. The van der Waals surface area contributed by atoms with Crippen molar-refractivity contribution in [2.75, 3.05) is 6.54 Å². The van der Waals surface area contributed by atoms with Gasteiger partial charge in [0.1, 0.15) is 0 Å². The molecule has 1 atom stereocenters. The Bertz CT molecular complexity index is 832. The van der Waals surface area contributed by atoms with Crippen LogP contribution in [-0.4, -0.2) is 27.4 Å². The van der Waals surface area contributed by atoms with Crippen LogP contribution < -0.4 is 11.1 Å². The number of nitrogens with two attached hydrogens (primary N) is 1. The molecule has 1 heterocycles. The first-order valence-corrected chi connectivity index (χ1v) is 8.26. The maximum Gasteiger partial charge on any atom is 0.274 e. The van der Waals surface area contributed by atoms with Crippen molar-refractivity contribution in [2.45, 2.75) is 12.6 Å². The molecule has 2 aromatic carbocycles. The molecule has 0 aliphatic heterocycles. The van der Waals surface area contributed by atoms with Gasteiger partial charge in [-0.1, -0.05) is 59.3 Å². The fraction of sp³-hybridized carbons (Fsp3) is 0.167. The summed E-state index contributed by atoms with van der Waals surface area (Å²) in [4.78, 5) is 12.6. The summed E-state index contributed by atoms with van der Waals surface area (Å²) in [7, 11) is 0. The van der Waals surface area contributed by atoms with E-state index in [0.717, 1.165) is 11.1 Å². The number of carbonyl (C=O) groups is 1. The highest BCUT2D eigenvalue weighted by Gasteiger charge is 2.19. The van der Waals surface area contributed by atoms with Crippen molar-refractivity contribution in [3.8, 4) is 0 Å². The maximum absolute atomic E-state index is 12.6. The molecule has 7 heteroatoms. The second-order valence-corrected chi connectivity index (χ2v) is 5.96. The molecule has 128 valence electrons. The predicted molar refractivity (Wildman–Crippen MR) is 96.3 cm³/mol. The van der Waals surface area contributed by atoms with E-state index in [1.165, 1.54) is 0 Å². The Hall–Kier alpha value is -2.70. The molecule has 0 radical (unpaired) electrons. The second kappa shape index (κ2) is 7.92. The zero-order valence-electron chi connectivity index (χ0n) is 13.5. The molecule has 0 saturated heterocycles. The zero-order valence-corrected chi connectivity index (χ0v) is 14.2. The van der Waals surface area contributed by atoms with Crippen LogP contribution in [0.3, 0.4) is 0 Å². The highest BCUT2D eigenvalue weighted by molar-refractivity contribution is 6.30. The normalized spacial score (nSPS) is 11.9. The number of benzene rings is 2. The van der Waals surface area contributed by atoms with E-state index >= 15 is 0 Å². The Morgan fingerprint density at radius 3 is 2.48 bits per heavy atom. The minimum Gasteiger partial charge on any atom is -0.340 e. The average Bonchev–Trinajstić information content (AvgIpc) is 3.10. The van der Waals surface area contributed by atoms with Crippen molar-refractivity contribution in [3.05, 3.63) is 82.6 Å². The first-order valence-electron chi connectivity index (χ1n) is 7.89. The smallest absolute Gasteiger partial charge is 0.274 e. The topological polar surface area (TPSA) is 85.8 Å². The fourth-order valence-corrected chi connectivity index (χ4v) is 2.63.